The average Bonchev–Trinajstić information content (AvgIpc) is 3.12. The van der Waals surface area contributed by atoms with Crippen molar-refractivity contribution in [3.05, 3.63) is 107 Å². The molecule has 0 bridgehead atoms. The van der Waals surface area contributed by atoms with E-state index in [-0.39, 0.29) is 28.7 Å². The second-order valence-electron chi connectivity index (χ2n) is 7.20. The molecule has 5 nitrogen and oxygen atoms in total. The Bertz CT molecular complexity index is 1250. The van der Waals surface area contributed by atoms with Gasteiger partial charge in [-0.25, -0.2) is 8.78 Å². The van der Waals surface area contributed by atoms with Crippen LogP contribution in [-0.2, 0) is 16.0 Å². The molecule has 1 aliphatic heterocycles. The van der Waals surface area contributed by atoms with Gasteiger partial charge < -0.3 is 5.32 Å². The van der Waals surface area contributed by atoms with Gasteiger partial charge >= 0.3 is 0 Å². The van der Waals surface area contributed by atoms with Crippen molar-refractivity contribution in [1.29, 1.82) is 5.26 Å². The van der Waals surface area contributed by atoms with Crippen molar-refractivity contribution in [1.82, 2.24) is 0 Å². The summed E-state index contributed by atoms with van der Waals surface area (Å²) < 4.78 is 26.8. The third-order valence-corrected chi connectivity index (χ3v) is 6.22. The van der Waals surface area contributed by atoms with E-state index in [2.05, 4.69) is 5.32 Å². The molecule has 0 saturated carbocycles. The lowest BCUT2D eigenvalue weighted by molar-refractivity contribution is -0.117. The number of carbonyl (C=O) groups is 2. The Hall–Kier alpha value is -3.96. The third kappa shape index (κ3) is 4.94. The summed E-state index contributed by atoms with van der Waals surface area (Å²) in [7, 11) is 0. The minimum atomic E-state index is -0.659. The highest BCUT2D eigenvalue weighted by molar-refractivity contribution is 8.05. The van der Waals surface area contributed by atoms with Crippen molar-refractivity contribution >= 4 is 35.0 Å². The van der Waals surface area contributed by atoms with Crippen molar-refractivity contribution in [2.75, 3.05) is 10.2 Å². The number of nitrogens with zero attached hydrogens (tertiary/aromatic N) is 2. The molecule has 0 radical (unpaired) electrons. The first-order valence-electron chi connectivity index (χ1n) is 9.97. The SMILES string of the molecule is N#C/C(C(=O)Nc1ccccc1)=C1/S[C@H](Cc2ccc(F)cc2)C(=O)N1c1ccc(F)cc1. The molecule has 2 amide bonds. The van der Waals surface area contributed by atoms with Gasteiger partial charge in [-0.3, -0.25) is 14.5 Å². The second kappa shape index (κ2) is 9.67. The number of para-hydroxylation sites is 1. The summed E-state index contributed by atoms with van der Waals surface area (Å²) in [6.45, 7) is 0. The Balaban J connectivity index is 1.72. The van der Waals surface area contributed by atoms with Crippen LogP contribution in [0.2, 0.25) is 0 Å². The van der Waals surface area contributed by atoms with E-state index in [1.165, 1.54) is 41.3 Å². The van der Waals surface area contributed by atoms with Crippen molar-refractivity contribution in [3.8, 4) is 6.07 Å². The Labute approximate surface area is 193 Å². The molecular weight excluding hydrogens is 444 g/mol. The summed E-state index contributed by atoms with van der Waals surface area (Å²) in [5.74, 6) is -1.88. The van der Waals surface area contributed by atoms with Gasteiger partial charge in [0.25, 0.3) is 5.91 Å². The van der Waals surface area contributed by atoms with Crippen molar-refractivity contribution in [2.24, 2.45) is 0 Å². The maximum Gasteiger partial charge on any atom is 0.269 e. The lowest BCUT2D eigenvalue weighted by Gasteiger charge is -2.18. The van der Waals surface area contributed by atoms with Crippen molar-refractivity contribution in [3.63, 3.8) is 0 Å². The van der Waals surface area contributed by atoms with Crippen LogP contribution < -0.4 is 10.2 Å². The topological polar surface area (TPSA) is 73.2 Å². The van der Waals surface area contributed by atoms with Gasteiger partial charge in [-0.2, -0.15) is 5.26 Å². The van der Waals surface area contributed by atoms with Crippen LogP contribution in [-0.4, -0.2) is 17.1 Å². The number of halogens is 2. The van der Waals surface area contributed by atoms with E-state index in [0.29, 0.717) is 11.4 Å². The van der Waals surface area contributed by atoms with E-state index in [0.717, 1.165) is 17.3 Å². The van der Waals surface area contributed by atoms with Gasteiger partial charge in [0.05, 0.1) is 5.25 Å². The molecular formula is C25H17F2N3O2S. The van der Waals surface area contributed by atoms with Gasteiger partial charge in [-0.1, -0.05) is 42.1 Å². The minimum absolute atomic E-state index is 0.162. The molecule has 164 valence electrons. The summed E-state index contributed by atoms with van der Waals surface area (Å²) in [5.41, 5.74) is 1.34. The lowest BCUT2D eigenvalue weighted by Crippen LogP contribution is -2.30. The molecule has 33 heavy (non-hydrogen) atoms. The Morgan fingerprint density at radius 3 is 2.18 bits per heavy atom. The molecule has 1 atom stereocenters. The number of nitriles is 1. The fraction of sp³-hybridized carbons (Fsp3) is 0.0800. The largest absolute Gasteiger partial charge is 0.321 e. The summed E-state index contributed by atoms with van der Waals surface area (Å²) in [5, 5.41) is 12.0. The van der Waals surface area contributed by atoms with Gasteiger partial charge in [0, 0.05) is 11.4 Å². The summed E-state index contributed by atoms with van der Waals surface area (Å²) in [6, 6.07) is 21.6. The maximum atomic E-state index is 13.5. The Morgan fingerprint density at radius 2 is 1.58 bits per heavy atom. The van der Waals surface area contributed by atoms with Crippen molar-refractivity contribution < 1.29 is 18.4 Å². The number of hydrogen-bond donors (Lipinski definition) is 1. The monoisotopic (exact) mass is 461 g/mol. The van der Waals surface area contributed by atoms with Crippen LogP contribution in [0.5, 0.6) is 0 Å². The number of carbonyl (C=O) groups excluding carboxylic acids is 2. The number of hydrogen-bond acceptors (Lipinski definition) is 4. The Morgan fingerprint density at radius 1 is 0.970 bits per heavy atom. The van der Waals surface area contributed by atoms with Gasteiger partial charge in [-0.05, 0) is 60.5 Å². The predicted octanol–water partition coefficient (Wildman–Crippen LogP) is 5.03. The molecule has 0 unspecified atom stereocenters. The van der Waals surface area contributed by atoms with Crippen LogP contribution in [0.25, 0.3) is 0 Å². The van der Waals surface area contributed by atoms with E-state index in [9.17, 15) is 23.6 Å². The van der Waals surface area contributed by atoms with Crippen molar-refractivity contribution in [2.45, 2.75) is 11.7 Å². The van der Waals surface area contributed by atoms with E-state index < -0.39 is 17.0 Å². The third-order valence-electron chi connectivity index (χ3n) is 4.96. The fourth-order valence-corrected chi connectivity index (χ4v) is 4.67. The van der Waals surface area contributed by atoms with Crippen LogP contribution in [0.4, 0.5) is 20.2 Å². The highest BCUT2D eigenvalue weighted by atomic mass is 32.2. The van der Waals surface area contributed by atoms with E-state index in [4.69, 9.17) is 0 Å². The molecule has 0 spiro atoms. The molecule has 1 fully saturated rings. The predicted molar refractivity (Wildman–Crippen MR) is 123 cm³/mol. The fourth-order valence-electron chi connectivity index (χ4n) is 3.36. The zero-order valence-electron chi connectivity index (χ0n) is 17.2. The van der Waals surface area contributed by atoms with Crippen LogP contribution in [0.15, 0.2) is 89.5 Å². The molecule has 1 aliphatic rings. The first-order valence-corrected chi connectivity index (χ1v) is 10.9. The van der Waals surface area contributed by atoms with Crippen LogP contribution in [0.3, 0.4) is 0 Å². The molecule has 1 heterocycles. The first-order chi connectivity index (χ1) is 16.0. The quantitative estimate of drug-likeness (QED) is 0.427. The minimum Gasteiger partial charge on any atom is -0.321 e. The van der Waals surface area contributed by atoms with Gasteiger partial charge in [0.15, 0.2) is 0 Å². The average molecular weight is 461 g/mol. The molecule has 3 aromatic rings. The summed E-state index contributed by atoms with van der Waals surface area (Å²) in [4.78, 5) is 27.5. The zero-order valence-corrected chi connectivity index (χ0v) is 18.0. The second-order valence-corrected chi connectivity index (χ2v) is 8.39. The smallest absolute Gasteiger partial charge is 0.269 e. The zero-order chi connectivity index (χ0) is 23.4. The van der Waals surface area contributed by atoms with E-state index in [1.54, 1.807) is 42.5 Å². The molecule has 4 rings (SSSR count). The first kappa shape index (κ1) is 22.2. The van der Waals surface area contributed by atoms with Crippen LogP contribution in [0, 0.1) is 23.0 Å². The molecule has 3 aromatic carbocycles. The standard InChI is InChI=1S/C25H17F2N3O2S/c26-17-8-6-16(7-9-17)14-22-24(32)30(20-12-10-18(27)11-13-20)25(33-22)21(15-28)23(31)29-19-4-2-1-3-5-19/h1-13,22H,14H2,(H,29,31)/b25-21-/t22-/m1/s1. The molecule has 0 aromatic heterocycles. The van der Waals surface area contributed by atoms with E-state index >= 15 is 0 Å². The van der Waals surface area contributed by atoms with Gasteiger partial charge in [0.2, 0.25) is 5.91 Å². The highest BCUT2D eigenvalue weighted by Gasteiger charge is 2.40. The van der Waals surface area contributed by atoms with Gasteiger partial charge in [0.1, 0.15) is 28.3 Å². The normalized spacial score (nSPS) is 16.9. The Kier molecular flexibility index (Phi) is 6.52. The summed E-state index contributed by atoms with van der Waals surface area (Å²) >= 11 is 1.08. The molecule has 0 aliphatic carbocycles. The summed E-state index contributed by atoms with van der Waals surface area (Å²) in [6.07, 6.45) is 0.268. The molecule has 8 heteroatoms. The van der Waals surface area contributed by atoms with Crippen LogP contribution >= 0.6 is 11.8 Å². The molecule has 1 saturated heterocycles. The number of amides is 2. The highest BCUT2D eigenvalue weighted by Crippen LogP contribution is 2.42. The number of thioether (sulfide) groups is 1. The lowest BCUT2D eigenvalue weighted by atomic mass is 10.1. The number of rotatable bonds is 5. The van der Waals surface area contributed by atoms with Crippen LogP contribution in [0.1, 0.15) is 5.56 Å². The molecule has 1 N–H and O–H groups in total. The maximum absolute atomic E-state index is 13.5. The van der Waals surface area contributed by atoms with E-state index in [1.807, 2.05) is 6.07 Å². The number of benzene rings is 3. The number of nitrogens with one attached hydrogen (secondary N) is 1. The number of anilines is 2. The van der Waals surface area contributed by atoms with Gasteiger partial charge in [-0.15, -0.1) is 0 Å².